The van der Waals surface area contributed by atoms with Gasteiger partial charge in [0.1, 0.15) is 29.9 Å². The van der Waals surface area contributed by atoms with Crippen molar-refractivity contribution in [2.24, 2.45) is 11.7 Å². The van der Waals surface area contributed by atoms with E-state index >= 15 is 0 Å². The molecule has 20 nitrogen and oxygen atoms in total. The topological polar surface area (TPSA) is 339 Å². The highest BCUT2D eigenvalue weighted by Gasteiger charge is 2.33. The first kappa shape index (κ1) is 43.1. The molecular weight excluding hydrogens is 666 g/mol. The Kier molecular flexibility index (Phi) is 18.3. The zero-order valence-electron chi connectivity index (χ0n) is 27.8. The molecule has 0 radical (unpaired) electrons. The molecule has 0 bridgehead atoms. The zero-order valence-corrected chi connectivity index (χ0v) is 27.8. The molecule has 0 aromatic heterocycles. The van der Waals surface area contributed by atoms with Crippen LogP contribution in [0.25, 0.3) is 0 Å². The van der Waals surface area contributed by atoms with Gasteiger partial charge in [-0.2, -0.15) is 0 Å². The summed E-state index contributed by atoms with van der Waals surface area (Å²) < 4.78 is 0. The Morgan fingerprint density at radius 1 is 0.700 bits per heavy atom. The fraction of sp³-hybridized carbons (Fsp3) is 0.567. The van der Waals surface area contributed by atoms with Crippen LogP contribution in [0.15, 0.2) is 24.3 Å². The lowest BCUT2D eigenvalue weighted by molar-refractivity contribution is -0.145. The highest BCUT2D eigenvalue weighted by atomic mass is 16.4. The predicted molar refractivity (Wildman–Crippen MR) is 172 cm³/mol. The highest BCUT2D eigenvalue weighted by Crippen LogP contribution is 2.12. The number of carboxylic acid groups (broad SMARTS) is 1. The van der Waals surface area contributed by atoms with Gasteiger partial charge in [-0.3, -0.25) is 28.8 Å². The monoisotopic (exact) mass is 713 g/mol. The largest absolute Gasteiger partial charge is 0.508 e. The van der Waals surface area contributed by atoms with Crippen LogP contribution in [0.5, 0.6) is 5.75 Å². The first-order valence-corrected chi connectivity index (χ1v) is 15.5. The predicted octanol–water partition coefficient (Wildman–Crippen LogP) is -5.71. The standard InChI is InChI=1S/C30H47N7O13/c1-4-14(2)23(36-25(44)18(31)9-16-5-7-17(42)8-6-16)29(48)35-19(11-38)26(45)32-10-22(43)33-20(12-39)27(46)34-21(13-40)28(47)37-24(15(3)41)30(49)50/h5-8,14-15,18-21,23-24,38-42H,4,9-13,31H2,1-3H3,(H,32,45)(H,33,43)(H,34,46)(H,35,48)(H,36,44)(H,37,47)(H,49,50)/t14-,15+,18-,19-,20-,21-,23-,24-/m0/s1. The molecule has 0 spiro atoms. The number of carbonyl (C=O) groups excluding carboxylic acids is 6. The van der Waals surface area contributed by atoms with Crippen molar-refractivity contribution < 1.29 is 64.2 Å². The van der Waals surface area contributed by atoms with Crippen LogP contribution < -0.4 is 37.6 Å². The van der Waals surface area contributed by atoms with Gasteiger partial charge in [-0.15, -0.1) is 0 Å². The lowest BCUT2D eigenvalue weighted by atomic mass is 9.97. The van der Waals surface area contributed by atoms with Crippen molar-refractivity contribution in [3.05, 3.63) is 29.8 Å². The Balaban J connectivity index is 2.78. The van der Waals surface area contributed by atoms with Crippen molar-refractivity contribution in [1.29, 1.82) is 0 Å². The molecule has 8 atom stereocenters. The molecule has 20 heteroatoms. The molecule has 1 aromatic carbocycles. The van der Waals surface area contributed by atoms with E-state index in [1.54, 1.807) is 26.0 Å². The van der Waals surface area contributed by atoms with E-state index in [4.69, 9.17) is 10.8 Å². The first-order valence-electron chi connectivity index (χ1n) is 15.5. The maximum absolute atomic E-state index is 13.1. The average Bonchev–Trinajstić information content (AvgIpc) is 3.08. The molecule has 0 unspecified atom stereocenters. The Hall–Kier alpha value is -4.89. The Morgan fingerprint density at radius 3 is 1.68 bits per heavy atom. The minimum Gasteiger partial charge on any atom is -0.508 e. The van der Waals surface area contributed by atoms with Crippen LogP contribution in [-0.4, -0.2) is 141 Å². The van der Waals surface area contributed by atoms with Gasteiger partial charge >= 0.3 is 5.97 Å². The summed E-state index contributed by atoms with van der Waals surface area (Å²) in [6.45, 7) is 0.757. The number of hydrogen-bond donors (Lipinski definition) is 13. The number of aromatic hydroxyl groups is 1. The third-order valence-corrected chi connectivity index (χ3v) is 7.46. The molecule has 0 aliphatic rings. The fourth-order valence-corrected chi connectivity index (χ4v) is 4.24. The molecule has 0 heterocycles. The minimum absolute atomic E-state index is 0.0329. The van der Waals surface area contributed by atoms with E-state index in [1.165, 1.54) is 12.1 Å². The molecule has 1 rings (SSSR count). The van der Waals surface area contributed by atoms with E-state index in [0.29, 0.717) is 12.0 Å². The van der Waals surface area contributed by atoms with Gasteiger partial charge in [0.25, 0.3) is 0 Å². The number of phenolic OH excluding ortho intramolecular Hbond substituents is 1. The third-order valence-electron chi connectivity index (χ3n) is 7.46. The summed E-state index contributed by atoms with van der Waals surface area (Å²) in [6.07, 6.45) is -1.01. The van der Waals surface area contributed by atoms with Crippen LogP contribution in [0, 0.1) is 5.92 Å². The molecular formula is C30H47N7O13. The van der Waals surface area contributed by atoms with Crippen molar-refractivity contribution in [2.75, 3.05) is 26.4 Å². The number of rotatable bonds is 21. The molecule has 0 saturated carbocycles. The maximum atomic E-state index is 13.1. The van der Waals surface area contributed by atoms with Gasteiger partial charge in [0, 0.05) is 0 Å². The van der Waals surface area contributed by atoms with E-state index in [0.717, 1.165) is 6.92 Å². The summed E-state index contributed by atoms with van der Waals surface area (Å²) in [4.78, 5) is 87.2. The van der Waals surface area contributed by atoms with Crippen molar-refractivity contribution in [2.45, 2.75) is 76.0 Å². The van der Waals surface area contributed by atoms with Crippen LogP contribution in [-0.2, 0) is 40.0 Å². The van der Waals surface area contributed by atoms with Gasteiger partial charge in [-0.1, -0.05) is 32.4 Å². The number of nitrogens with one attached hydrogen (secondary N) is 6. The van der Waals surface area contributed by atoms with Crippen molar-refractivity contribution in [3.63, 3.8) is 0 Å². The number of hydrogen-bond acceptors (Lipinski definition) is 13. The second-order valence-electron chi connectivity index (χ2n) is 11.4. The van der Waals surface area contributed by atoms with Gasteiger partial charge in [0.2, 0.25) is 35.4 Å². The quantitative estimate of drug-likeness (QED) is 0.0565. The zero-order chi connectivity index (χ0) is 38.1. The summed E-state index contributed by atoms with van der Waals surface area (Å²) >= 11 is 0. The maximum Gasteiger partial charge on any atom is 0.328 e. The number of aliphatic carboxylic acids is 1. The number of aliphatic hydroxyl groups excluding tert-OH is 4. The highest BCUT2D eigenvalue weighted by molar-refractivity contribution is 5.96. The van der Waals surface area contributed by atoms with Gasteiger partial charge < -0.3 is 68.3 Å². The summed E-state index contributed by atoms with van der Waals surface area (Å²) in [5.74, 6) is -7.92. The first-order chi connectivity index (χ1) is 23.5. The summed E-state index contributed by atoms with van der Waals surface area (Å²) in [7, 11) is 0. The number of benzene rings is 1. The van der Waals surface area contributed by atoms with Crippen LogP contribution in [0.2, 0.25) is 0 Å². The number of aliphatic hydroxyl groups is 4. The number of carbonyl (C=O) groups is 7. The summed E-state index contributed by atoms with van der Waals surface area (Å²) in [5.41, 5.74) is 6.68. The van der Waals surface area contributed by atoms with Crippen LogP contribution in [0.1, 0.15) is 32.8 Å². The van der Waals surface area contributed by atoms with E-state index in [-0.39, 0.29) is 12.2 Å². The normalized spacial score (nSPS) is 15.8. The smallest absolute Gasteiger partial charge is 0.328 e. The van der Waals surface area contributed by atoms with Crippen LogP contribution in [0.4, 0.5) is 0 Å². The van der Waals surface area contributed by atoms with Gasteiger partial charge in [0.15, 0.2) is 6.04 Å². The Labute approximate surface area is 287 Å². The lowest BCUT2D eigenvalue weighted by Crippen LogP contribution is -2.60. The lowest BCUT2D eigenvalue weighted by Gasteiger charge is -2.27. The summed E-state index contributed by atoms with van der Waals surface area (Å²) in [6, 6.07) is -2.99. The molecule has 1 aromatic rings. The number of nitrogens with two attached hydrogens (primary N) is 1. The average molecular weight is 714 g/mol. The van der Waals surface area contributed by atoms with Crippen LogP contribution in [0.3, 0.4) is 0 Å². The molecule has 50 heavy (non-hydrogen) atoms. The molecule has 0 aliphatic heterocycles. The Bertz CT molecular complexity index is 1330. The second kappa shape index (κ2) is 21.3. The molecule has 280 valence electrons. The fourth-order valence-electron chi connectivity index (χ4n) is 4.24. The van der Waals surface area contributed by atoms with E-state index in [9.17, 15) is 59.1 Å². The second-order valence-corrected chi connectivity index (χ2v) is 11.4. The van der Waals surface area contributed by atoms with Gasteiger partial charge in [0.05, 0.1) is 38.5 Å². The van der Waals surface area contributed by atoms with E-state index in [1.807, 2.05) is 10.6 Å². The van der Waals surface area contributed by atoms with Gasteiger partial charge in [-0.05, 0) is 37.0 Å². The SMILES string of the molecule is CC[C@H](C)[C@H](NC(=O)[C@@H](N)Cc1ccc(O)cc1)C(=O)N[C@@H](CO)C(=O)NCC(=O)N[C@@H](CO)C(=O)N[C@@H](CO)C(=O)N[C@H](C(=O)O)[C@@H](C)O. The van der Waals surface area contributed by atoms with Gasteiger partial charge in [-0.25, -0.2) is 4.79 Å². The number of carboxylic acids is 1. The van der Waals surface area contributed by atoms with E-state index in [2.05, 4.69) is 21.3 Å². The number of phenols is 1. The number of amides is 6. The third kappa shape index (κ3) is 13.9. The van der Waals surface area contributed by atoms with E-state index < -0.39 is 116 Å². The molecule has 6 amide bonds. The molecule has 14 N–H and O–H groups in total. The van der Waals surface area contributed by atoms with Crippen molar-refractivity contribution >= 4 is 41.4 Å². The summed E-state index contributed by atoms with van der Waals surface area (Å²) in [5, 5.41) is 69.9. The molecule has 0 saturated heterocycles. The molecule has 0 fully saturated rings. The molecule has 0 aliphatic carbocycles. The van der Waals surface area contributed by atoms with Crippen molar-refractivity contribution in [1.82, 2.24) is 31.9 Å². The van der Waals surface area contributed by atoms with Crippen molar-refractivity contribution in [3.8, 4) is 5.75 Å². The van der Waals surface area contributed by atoms with Crippen LogP contribution >= 0.6 is 0 Å². The Morgan fingerprint density at radius 2 is 1.18 bits per heavy atom. The minimum atomic E-state index is -1.77.